The average Bonchev–Trinajstić information content (AvgIpc) is 3.03. The van der Waals surface area contributed by atoms with E-state index in [9.17, 15) is 14.9 Å². The second-order valence-electron chi connectivity index (χ2n) is 7.46. The number of amides is 2. The van der Waals surface area contributed by atoms with Gasteiger partial charge in [-0.2, -0.15) is 5.26 Å². The van der Waals surface area contributed by atoms with E-state index in [1.165, 1.54) is 0 Å². The number of nitriles is 1. The van der Waals surface area contributed by atoms with Crippen LogP contribution in [0.25, 0.3) is 0 Å². The highest BCUT2D eigenvalue weighted by Gasteiger charge is 2.41. The molecular weight excluding hydrogens is 408 g/mol. The Morgan fingerprint density at radius 2 is 1.85 bits per heavy atom. The van der Waals surface area contributed by atoms with Gasteiger partial charge in [0.15, 0.2) is 0 Å². The summed E-state index contributed by atoms with van der Waals surface area (Å²) in [6, 6.07) is 9.83. The fourth-order valence-electron chi connectivity index (χ4n) is 3.91. The fourth-order valence-corrected chi connectivity index (χ4v) is 4.41. The third kappa shape index (κ3) is 4.02. The van der Waals surface area contributed by atoms with Gasteiger partial charge in [-0.15, -0.1) is 0 Å². The normalized spacial score (nSPS) is 22.2. The van der Waals surface area contributed by atoms with E-state index in [-0.39, 0.29) is 23.8 Å². The van der Waals surface area contributed by atoms with Crippen molar-refractivity contribution in [3.8, 4) is 6.07 Å². The van der Waals surface area contributed by atoms with Crippen LogP contribution in [0.2, 0.25) is 0 Å². The van der Waals surface area contributed by atoms with Gasteiger partial charge >= 0.3 is 0 Å². The third-order valence-corrected chi connectivity index (χ3v) is 6.10. The molecule has 1 aromatic rings. The molecule has 0 aliphatic carbocycles. The van der Waals surface area contributed by atoms with Crippen LogP contribution in [0.15, 0.2) is 28.7 Å². The summed E-state index contributed by atoms with van der Waals surface area (Å²) in [5, 5.41) is 9.36. The highest BCUT2D eigenvalue weighted by Crippen LogP contribution is 2.32. The van der Waals surface area contributed by atoms with Crippen molar-refractivity contribution in [3.05, 3.63) is 28.7 Å². The monoisotopic (exact) mass is 432 g/mol. The molecule has 2 unspecified atom stereocenters. The predicted octanol–water partition coefficient (Wildman–Crippen LogP) is 2.49. The number of rotatable bonds is 4. The highest BCUT2D eigenvalue weighted by atomic mass is 79.9. The number of halogens is 1. The molecule has 6 nitrogen and oxygen atoms in total. The molecule has 0 N–H and O–H groups in total. The molecule has 0 saturated carbocycles. The van der Waals surface area contributed by atoms with E-state index in [1.54, 1.807) is 9.80 Å². The number of benzene rings is 1. The van der Waals surface area contributed by atoms with E-state index in [0.717, 1.165) is 10.2 Å². The molecule has 2 atom stereocenters. The number of piperazine rings is 1. The van der Waals surface area contributed by atoms with E-state index < -0.39 is 5.92 Å². The molecule has 2 heterocycles. The van der Waals surface area contributed by atoms with Gasteiger partial charge in [0, 0.05) is 37.2 Å². The summed E-state index contributed by atoms with van der Waals surface area (Å²) in [6.07, 6.45) is 0.548. The number of carbonyl (C=O) groups is 2. The van der Waals surface area contributed by atoms with Crippen molar-refractivity contribution in [2.24, 2.45) is 11.8 Å². The maximum Gasteiger partial charge on any atom is 0.239 e. The van der Waals surface area contributed by atoms with Gasteiger partial charge in [-0.05, 0) is 40.4 Å². The van der Waals surface area contributed by atoms with Gasteiger partial charge < -0.3 is 9.80 Å². The Morgan fingerprint density at radius 1 is 1.19 bits per heavy atom. The van der Waals surface area contributed by atoms with Gasteiger partial charge in [-0.3, -0.25) is 14.5 Å². The van der Waals surface area contributed by atoms with Crippen LogP contribution in [0.3, 0.4) is 0 Å². The van der Waals surface area contributed by atoms with Gasteiger partial charge in [0.2, 0.25) is 11.8 Å². The first-order chi connectivity index (χ1) is 12.9. The van der Waals surface area contributed by atoms with Crippen LogP contribution in [0.4, 0.5) is 5.69 Å². The number of hydrogen-bond donors (Lipinski definition) is 0. The van der Waals surface area contributed by atoms with Crippen molar-refractivity contribution in [1.82, 2.24) is 9.80 Å². The van der Waals surface area contributed by atoms with E-state index >= 15 is 0 Å². The Balaban J connectivity index is 1.62. The second-order valence-corrected chi connectivity index (χ2v) is 8.32. The fraction of sp³-hybridized carbons (Fsp3) is 0.550. The number of carbonyl (C=O) groups excluding carboxylic acids is 2. The molecule has 2 fully saturated rings. The molecule has 0 spiro atoms. The average molecular weight is 433 g/mol. The molecule has 3 rings (SSSR count). The van der Waals surface area contributed by atoms with Crippen molar-refractivity contribution in [3.63, 3.8) is 0 Å². The van der Waals surface area contributed by atoms with Crippen LogP contribution in [0.1, 0.15) is 20.3 Å². The molecular formula is C20H25BrN4O2. The Labute approximate surface area is 168 Å². The largest absolute Gasteiger partial charge is 0.339 e. The van der Waals surface area contributed by atoms with Gasteiger partial charge in [-0.1, -0.05) is 26.0 Å². The minimum Gasteiger partial charge on any atom is -0.339 e. The first-order valence-electron chi connectivity index (χ1n) is 9.42. The summed E-state index contributed by atoms with van der Waals surface area (Å²) in [5.74, 6) is -0.536. The van der Waals surface area contributed by atoms with Gasteiger partial charge in [0.25, 0.3) is 0 Å². The minimum atomic E-state index is -0.597. The summed E-state index contributed by atoms with van der Waals surface area (Å²) in [6.45, 7) is 7.14. The van der Waals surface area contributed by atoms with Crippen molar-refractivity contribution in [1.29, 1.82) is 5.26 Å². The lowest BCUT2D eigenvalue weighted by Crippen LogP contribution is -2.54. The Hall–Kier alpha value is -1.91. The molecule has 2 aliphatic rings. The van der Waals surface area contributed by atoms with Crippen molar-refractivity contribution in [2.75, 3.05) is 37.6 Å². The van der Waals surface area contributed by atoms with Crippen LogP contribution in [-0.4, -0.2) is 60.4 Å². The lowest BCUT2D eigenvalue weighted by Gasteiger charge is -2.38. The minimum absolute atomic E-state index is 0.0766. The number of hydrogen-bond acceptors (Lipinski definition) is 4. The van der Waals surface area contributed by atoms with Crippen molar-refractivity contribution < 1.29 is 9.59 Å². The zero-order valence-electron chi connectivity index (χ0n) is 15.8. The van der Waals surface area contributed by atoms with Crippen molar-refractivity contribution in [2.45, 2.75) is 26.3 Å². The zero-order valence-corrected chi connectivity index (χ0v) is 17.4. The summed E-state index contributed by atoms with van der Waals surface area (Å²) < 4.78 is 0.858. The smallest absolute Gasteiger partial charge is 0.239 e. The van der Waals surface area contributed by atoms with E-state index in [4.69, 9.17) is 0 Å². The van der Waals surface area contributed by atoms with E-state index in [2.05, 4.69) is 26.9 Å². The molecule has 27 heavy (non-hydrogen) atoms. The molecule has 0 bridgehead atoms. The molecule has 2 saturated heterocycles. The van der Waals surface area contributed by atoms with Gasteiger partial charge in [-0.25, -0.2) is 0 Å². The standard InChI is InChI=1S/C20H25BrN4O2/c1-14(2)18(13-22)23-9-11-24(12-10-23)19(26)15-7-8-25(20(15)27)17-6-4-3-5-16(17)21/h3-6,14-15,18H,7-12H2,1-2H3. The van der Waals surface area contributed by atoms with Crippen LogP contribution in [-0.2, 0) is 9.59 Å². The molecule has 2 aliphatic heterocycles. The van der Waals surface area contributed by atoms with Gasteiger partial charge in [0.05, 0.1) is 11.8 Å². The molecule has 2 amide bonds. The lowest BCUT2D eigenvalue weighted by molar-refractivity contribution is -0.141. The molecule has 0 aromatic heterocycles. The molecule has 0 radical (unpaired) electrons. The quantitative estimate of drug-likeness (QED) is 0.685. The topological polar surface area (TPSA) is 67.7 Å². The molecule has 144 valence electrons. The zero-order chi connectivity index (χ0) is 19.6. The predicted molar refractivity (Wildman–Crippen MR) is 107 cm³/mol. The third-order valence-electron chi connectivity index (χ3n) is 5.43. The van der Waals surface area contributed by atoms with E-state index in [0.29, 0.717) is 39.1 Å². The van der Waals surface area contributed by atoms with Crippen LogP contribution in [0.5, 0.6) is 0 Å². The number of nitrogens with zero attached hydrogens (tertiary/aromatic N) is 4. The molecule has 1 aromatic carbocycles. The first-order valence-corrected chi connectivity index (χ1v) is 10.2. The van der Waals surface area contributed by atoms with E-state index in [1.807, 2.05) is 38.1 Å². The Morgan fingerprint density at radius 3 is 2.44 bits per heavy atom. The second kappa shape index (κ2) is 8.41. The molecule has 7 heteroatoms. The SMILES string of the molecule is CC(C)C(C#N)N1CCN(C(=O)C2CCN(c3ccccc3Br)C2=O)CC1. The summed E-state index contributed by atoms with van der Waals surface area (Å²) in [5.41, 5.74) is 0.816. The summed E-state index contributed by atoms with van der Waals surface area (Å²) >= 11 is 3.48. The Kier molecular flexibility index (Phi) is 6.18. The van der Waals surface area contributed by atoms with Crippen LogP contribution in [0, 0.1) is 23.2 Å². The van der Waals surface area contributed by atoms with Crippen LogP contribution < -0.4 is 4.90 Å². The lowest BCUT2D eigenvalue weighted by atomic mass is 10.0. The maximum absolute atomic E-state index is 12.9. The first kappa shape index (κ1) is 19.8. The number of anilines is 1. The number of para-hydroxylation sites is 1. The maximum atomic E-state index is 12.9. The summed E-state index contributed by atoms with van der Waals surface area (Å²) in [7, 11) is 0. The highest BCUT2D eigenvalue weighted by molar-refractivity contribution is 9.10. The Bertz CT molecular complexity index is 753. The van der Waals surface area contributed by atoms with Gasteiger partial charge in [0.1, 0.15) is 12.0 Å². The van der Waals surface area contributed by atoms with Crippen molar-refractivity contribution >= 4 is 33.4 Å². The van der Waals surface area contributed by atoms with Crippen LogP contribution >= 0.6 is 15.9 Å². The summed E-state index contributed by atoms with van der Waals surface area (Å²) in [4.78, 5) is 31.4.